The van der Waals surface area contributed by atoms with Gasteiger partial charge in [-0.25, -0.2) is 0 Å². The summed E-state index contributed by atoms with van der Waals surface area (Å²) in [4.78, 5) is 6.80. The number of guanidine groups is 1. The van der Waals surface area contributed by atoms with Crippen molar-refractivity contribution in [3.8, 4) is 0 Å². The Kier molecular flexibility index (Phi) is 3.29. The van der Waals surface area contributed by atoms with E-state index in [9.17, 15) is 0 Å². The Morgan fingerprint density at radius 3 is 2.79 bits per heavy atom. The molecule has 0 aromatic heterocycles. The summed E-state index contributed by atoms with van der Waals surface area (Å²) in [5.41, 5.74) is 7.46. The zero-order valence-corrected chi connectivity index (χ0v) is 12.9. The molecule has 0 saturated heterocycles. The highest BCUT2D eigenvalue weighted by molar-refractivity contribution is 9.10. The molecule has 2 unspecified atom stereocenters. The largest absolute Gasteiger partial charge is 0.369 e. The number of benzene rings is 1. The van der Waals surface area contributed by atoms with E-state index in [0.29, 0.717) is 5.96 Å². The van der Waals surface area contributed by atoms with Crippen molar-refractivity contribution in [2.45, 2.75) is 38.1 Å². The lowest BCUT2D eigenvalue weighted by atomic mass is 9.93. The number of aliphatic imine (C=N–C) groups is 1. The molecule has 102 valence electrons. The molecule has 4 heteroatoms. The van der Waals surface area contributed by atoms with E-state index in [0.717, 1.165) is 16.9 Å². The van der Waals surface area contributed by atoms with E-state index in [1.165, 1.54) is 31.4 Å². The van der Waals surface area contributed by atoms with Crippen LogP contribution >= 0.6 is 15.9 Å². The number of hydrogen-bond acceptors (Lipinski definition) is 3. The summed E-state index contributed by atoms with van der Waals surface area (Å²) in [6.45, 7) is 3.14. The van der Waals surface area contributed by atoms with Gasteiger partial charge in [0.15, 0.2) is 5.96 Å². The highest BCUT2D eigenvalue weighted by Crippen LogP contribution is 2.44. The van der Waals surface area contributed by atoms with Gasteiger partial charge in [0.1, 0.15) is 0 Å². The molecule has 1 aliphatic heterocycles. The van der Waals surface area contributed by atoms with E-state index in [1.807, 2.05) is 0 Å². The lowest BCUT2D eigenvalue weighted by Gasteiger charge is -2.36. The topological polar surface area (TPSA) is 41.6 Å². The third-order valence-corrected chi connectivity index (χ3v) is 5.12. The minimum atomic E-state index is 0.137. The fourth-order valence-corrected chi connectivity index (χ4v) is 3.78. The molecule has 2 N–H and O–H groups in total. The van der Waals surface area contributed by atoms with Crippen molar-refractivity contribution in [3.05, 3.63) is 28.7 Å². The van der Waals surface area contributed by atoms with Gasteiger partial charge in [0, 0.05) is 10.2 Å². The summed E-state index contributed by atoms with van der Waals surface area (Å²) in [5, 5.41) is 0. The van der Waals surface area contributed by atoms with Gasteiger partial charge in [0.25, 0.3) is 0 Å². The molecule has 1 aromatic rings. The van der Waals surface area contributed by atoms with E-state index in [4.69, 9.17) is 5.73 Å². The predicted octanol–water partition coefficient (Wildman–Crippen LogP) is 3.53. The van der Waals surface area contributed by atoms with Crippen LogP contribution in [-0.4, -0.2) is 18.0 Å². The van der Waals surface area contributed by atoms with Gasteiger partial charge in [-0.2, -0.15) is 0 Å². The maximum atomic E-state index is 6.15. The Hall–Kier alpha value is -1.03. The van der Waals surface area contributed by atoms with Crippen LogP contribution in [0.15, 0.2) is 33.7 Å². The summed E-state index contributed by atoms with van der Waals surface area (Å²) in [6.07, 6.45) is 4.97. The molecular weight excluding hydrogens is 302 g/mol. The third-order valence-electron chi connectivity index (χ3n) is 4.59. The first-order valence-electron chi connectivity index (χ1n) is 7.00. The van der Waals surface area contributed by atoms with Gasteiger partial charge >= 0.3 is 0 Å². The molecule has 2 atom stereocenters. The number of anilines is 1. The Balaban J connectivity index is 1.93. The first kappa shape index (κ1) is 13.0. The Morgan fingerprint density at radius 2 is 2.16 bits per heavy atom. The van der Waals surface area contributed by atoms with E-state index in [1.54, 1.807) is 0 Å². The van der Waals surface area contributed by atoms with Crippen LogP contribution in [0.3, 0.4) is 0 Å². The van der Waals surface area contributed by atoms with E-state index >= 15 is 0 Å². The third kappa shape index (κ3) is 2.16. The normalized spacial score (nSPS) is 30.1. The molecule has 1 aromatic carbocycles. The average molecular weight is 322 g/mol. The minimum Gasteiger partial charge on any atom is -0.369 e. The smallest absolute Gasteiger partial charge is 0.196 e. The second kappa shape index (κ2) is 4.82. The summed E-state index contributed by atoms with van der Waals surface area (Å²) in [7, 11) is 0. The van der Waals surface area contributed by atoms with Gasteiger partial charge in [0.05, 0.1) is 12.1 Å². The van der Waals surface area contributed by atoms with Crippen LogP contribution < -0.4 is 10.6 Å². The zero-order valence-electron chi connectivity index (χ0n) is 11.3. The molecule has 3 rings (SSSR count). The van der Waals surface area contributed by atoms with Crippen molar-refractivity contribution in [3.63, 3.8) is 0 Å². The van der Waals surface area contributed by atoms with Crippen LogP contribution in [0.2, 0.25) is 0 Å². The van der Waals surface area contributed by atoms with Crippen molar-refractivity contribution >= 4 is 27.6 Å². The molecular formula is C15H20BrN3. The van der Waals surface area contributed by atoms with E-state index in [2.05, 4.69) is 57.0 Å². The van der Waals surface area contributed by atoms with Crippen molar-refractivity contribution in [2.24, 2.45) is 16.6 Å². The molecule has 1 fully saturated rings. The fraction of sp³-hybridized carbons (Fsp3) is 0.533. The highest BCUT2D eigenvalue weighted by atomic mass is 79.9. The van der Waals surface area contributed by atoms with Crippen LogP contribution in [0.25, 0.3) is 0 Å². The summed E-state index contributed by atoms with van der Waals surface area (Å²) < 4.78 is 1.10. The average Bonchev–Trinajstić information content (AvgIpc) is 2.97. The van der Waals surface area contributed by atoms with Crippen LogP contribution in [0.1, 0.15) is 32.6 Å². The molecule has 3 nitrogen and oxygen atoms in total. The lowest BCUT2D eigenvalue weighted by Crippen LogP contribution is -2.50. The van der Waals surface area contributed by atoms with Crippen LogP contribution in [-0.2, 0) is 0 Å². The van der Waals surface area contributed by atoms with E-state index in [-0.39, 0.29) is 5.54 Å². The first-order valence-corrected chi connectivity index (χ1v) is 7.80. The second-order valence-corrected chi connectivity index (χ2v) is 6.64. The molecule has 19 heavy (non-hydrogen) atoms. The molecule has 1 saturated carbocycles. The SMILES string of the molecule is CCC1CCC2(CN=C(N)N2c2ccc(Br)cc2)C1. The molecule has 0 radical (unpaired) electrons. The summed E-state index contributed by atoms with van der Waals surface area (Å²) in [6, 6.07) is 8.39. The maximum Gasteiger partial charge on any atom is 0.196 e. The molecule has 0 bridgehead atoms. The zero-order chi connectivity index (χ0) is 13.5. The van der Waals surface area contributed by atoms with Crippen LogP contribution in [0, 0.1) is 5.92 Å². The second-order valence-electron chi connectivity index (χ2n) is 5.73. The number of rotatable bonds is 2. The van der Waals surface area contributed by atoms with Crippen LogP contribution in [0.4, 0.5) is 5.69 Å². The molecule has 1 spiro atoms. The molecule has 1 aliphatic carbocycles. The minimum absolute atomic E-state index is 0.137. The van der Waals surface area contributed by atoms with Gasteiger partial charge in [-0.3, -0.25) is 4.99 Å². The Morgan fingerprint density at radius 1 is 1.42 bits per heavy atom. The van der Waals surface area contributed by atoms with Gasteiger partial charge < -0.3 is 10.6 Å². The molecule has 1 heterocycles. The predicted molar refractivity (Wildman–Crippen MR) is 83.5 cm³/mol. The van der Waals surface area contributed by atoms with Crippen molar-refractivity contribution in [1.29, 1.82) is 0 Å². The number of hydrogen-bond donors (Lipinski definition) is 1. The Bertz CT molecular complexity index is 497. The van der Waals surface area contributed by atoms with Gasteiger partial charge in [-0.1, -0.05) is 29.3 Å². The summed E-state index contributed by atoms with van der Waals surface area (Å²) in [5.74, 6) is 1.50. The van der Waals surface area contributed by atoms with Crippen molar-refractivity contribution in [2.75, 3.05) is 11.4 Å². The fourth-order valence-electron chi connectivity index (χ4n) is 3.52. The monoisotopic (exact) mass is 321 g/mol. The number of nitrogens with two attached hydrogens (primary N) is 1. The lowest BCUT2D eigenvalue weighted by molar-refractivity contribution is 0.435. The van der Waals surface area contributed by atoms with E-state index < -0.39 is 0 Å². The molecule has 0 amide bonds. The molecule has 2 aliphatic rings. The number of nitrogens with zero attached hydrogens (tertiary/aromatic N) is 2. The van der Waals surface area contributed by atoms with Crippen molar-refractivity contribution in [1.82, 2.24) is 0 Å². The van der Waals surface area contributed by atoms with Gasteiger partial charge in [-0.05, 0) is 49.4 Å². The quantitative estimate of drug-likeness (QED) is 0.905. The van der Waals surface area contributed by atoms with Crippen molar-refractivity contribution < 1.29 is 0 Å². The standard InChI is InChI=1S/C15H20BrN3/c1-2-11-7-8-15(9-11)10-18-14(17)19(15)13-5-3-12(16)4-6-13/h3-6,11H,2,7-10H2,1H3,(H2,17,18). The summed E-state index contributed by atoms with van der Waals surface area (Å²) >= 11 is 3.48. The maximum absolute atomic E-state index is 6.15. The first-order chi connectivity index (χ1) is 9.14. The van der Waals surface area contributed by atoms with Gasteiger partial charge in [0.2, 0.25) is 0 Å². The highest BCUT2D eigenvalue weighted by Gasteiger charge is 2.47. The number of halogens is 1. The Labute approximate surface area is 123 Å². The van der Waals surface area contributed by atoms with Crippen LogP contribution in [0.5, 0.6) is 0 Å². The van der Waals surface area contributed by atoms with Gasteiger partial charge in [-0.15, -0.1) is 0 Å².